The van der Waals surface area contributed by atoms with E-state index < -0.39 is 17.9 Å². The third kappa shape index (κ3) is 1.98. The van der Waals surface area contributed by atoms with Gasteiger partial charge in [0.15, 0.2) is 0 Å². The number of amidine groups is 1. The van der Waals surface area contributed by atoms with Crippen molar-refractivity contribution in [2.75, 3.05) is 6.54 Å². The number of benzene rings is 1. The fraction of sp³-hybridized carbons (Fsp3) is 0.273. The van der Waals surface area contributed by atoms with E-state index >= 15 is 0 Å². The Kier molecular flexibility index (Phi) is 3.02. The second-order valence-electron chi connectivity index (χ2n) is 3.67. The van der Waals surface area contributed by atoms with Crippen LogP contribution < -0.4 is 5.73 Å². The van der Waals surface area contributed by atoms with Crippen molar-refractivity contribution in [3.8, 4) is 0 Å². The first kappa shape index (κ1) is 11.9. The molecular formula is C11H11ClFN3O. The summed E-state index contributed by atoms with van der Waals surface area (Å²) < 4.78 is 13.0. The highest BCUT2D eigenvalue weighted by Gasteiger charge is 2.34. The first-order valence-corrected chi connectivity index (χ1v) is 5.52. The molecule has 0 aromatic heterocycles. The van der Waals surface area contributed by atoms with Gasteiger partial charge in [0.2, 0.25) is 0 Å². The van der Waals surface area contributed by atoms with Gasteiger partial charge in [-0.15, -0.1) is 0 Å². The maximum Gasteiger partial charge on any atom is 0.346 e. The second kappa shape index (κ2) is 4.33. The number of urea groups is 1. The van der Waals surface area contributed by atoms with Crippen molar-refractivity contribution in [2.24, 2.45) is 10.7 Å². The van der Waals surface area contributed by atoms with Crippen molar-refractivity contribution in [3.63, 3.8) is 0 Å². The van der Waals surface area contributed by atoms with Crippen LogP contribution in [0, 0.1) is 5.82 Å². The van der Waals surface area contributed by atoms with E-state index in [1.54, 1.807) is 0 Å². The summed E-state index contributed by atoms with van der Waals surface area (Å²) in [6.07, 6.45) is 0. The minimum Gasteiger partial charge on any atom is -0.385 e. The summed E-state index contributed by atoms with van der Waals surface area (Å²) in [5, 5.41) is 0.237. The summed E-state index contributed by atoms with van der Waals surface area (Å²) in [6.45, 7) is 2.28. The molecule has 90 valence electrons. The lowest BCUT2D eigenvalue weighted by atomic mass is 10.1. The Morgan fingerprint density at radius 3 is 2.88 bits per heavy atom. The van der Waals surface area contributed by atoms with E-state index in [4.69, 9.17) is 17.3 Å². The highest BCUT2D eigenvalue weighted by atomic mass is 35.5. The van der Waals surface area contributed by atoms with Crippen molar-refractivity contribution in [1.82, 2.24) is 4.90 Å². The number of nitrogens with two attached hydrogens (primary N) is 1. The molecule has 2 amide bonds. The normalized spacial score (nSPS) is 19.7. The van der Waals surface area contributed by atoms with Crippen LogP contribution in [-0.2, 0) is 0 Å². The quantitative estimate of drug-likeness (QED) is 0.882. The van der Waals surface area contributed by atoms with Gasteiger partial charge in [-0.2, -0.15) is 4.99 Å². The van der Waals surface area contributed by atoms with E-state index in [0.717, 1.165) is 0 Å². The first-order chi connectivity index (χ1) is 8.04. The predicted molar refractivity (Wildman–Crippen MR) is 63.5 cm³/mol. The lowest BCUT2D eigenvalue weighted by Gasteiger charge is -2.23. The number of hydrogen-bond acceptors (Lipinski definition) is 2. The van der Waals surface area contributed by atoms with E-state index in [1.165, 1.54) is 23.1 Å². The molecule has 0 aliphatic carbocycles. The Morgan fingerprint density at radius 2 is 2.29 bits per heavy atom. The van der Waals surface area contributed by atoms with Crippen molar-refractivity contribution < 1.29 is 9.18 Å². The van der Waals surface area contributed by atoms with Gasteiger partial charge in [0.25, 0.3) is 0 Å². The number of nitrogens with zero attached hydrogens (tertiary/aromatic N) is 2. The van der Waals surface area contributed by atoms with Gasteiger partial charge >= 0.3 is 6.03 Å². The van der Waals surface area contributed by atoms with Gasteiger partial charge < -0.3 is 10.6 Å². The Hall–Kier alpha value is -1.62. The maximum absolute atomic E-state index is 13.0. The summed E-state index contributed by atoms with van der Waals surface area (Å²) in [5.41, 5.74) is 6.29. The number of amides is 2. The van der Waals surface area contributed by atoms with E-state index in [9.17, 15) is 9.18 Å². The van der Waals surface area contributed by atoms with E-state index in [0.29, 0.717) is 12.1 Å². The second-order valence-corrected chi connectivity index (χ2v) is 4.08. The number of carbonyl (C=O) groups is 1. The van der Waals surface area contributed by atoms with Crippen molar-refractivity contribution in [1.29, 1.82) is 0 Å². The van der Waals surface area contributed by atoms with Gasteiger partial charge in [0, 0.05) is 17.1 Å². The van der Waals surface area contributed by atoms with Crippen LogP contribution in [0.1, 0.15) is 18.5 Å². The molecular weight excluding hydrogens is 245 g/mol. The number of hydrogen-bond donors (Lipinski definition) is 1. The molecule has 1 aromatic carbocycles. The molecule has 0 saturated carbocycles. The van der Waals surface area contributed by atoms with Crippen molar-refractivity contribution >= 4 is 23.5 Å². The van der Waals surface area contributed by atoms with Gasteiger partial charge in [-0.1, -0.05) is 17.7 Å². The molecule has 1 atom stereocenters. The average Bonchev–Trinajstić information content (AvgIpc) is 2.53. The van der Waals surface area contributed by atoms with Crippen LogP contribution in [0.5, 0.6) is 0 Å². The van der Waals surface area contributed by atoms with Gasteiger partial charge in [0.05, 0.1) is 0 Å². The molecule has 1 aromatic rings. The zero-order chi connectivity index (χ0) is 12.6. The largest absolute Gasteiger partial charge is 0.385 e. The average molecular weight is 256 g/mol. The molecule has 0 spiro atoms. The minimum absolute atomic E-state index is 0.186. The van der Waals surface area contributed by atoms with E-state index in [2.05, 4.69) is 4.99 Å². The summed E-state index contributed by atoms with van der Waals surface area (Å²) in [6, 6.07) is 3.11. The van der Waals surface area contributed by atoms with E-state index in [-0.39, 0.29) is 10.9 Å². The predicted octanol–water partition coefficient (Wildman–Crippen LogP) is 2.33. The number of rotatable bonds is 2. The molecule has 6 heteroatoms. The standard InChI is InChI=1S/C11H11ClFN3O/c1-2-16-9(10(14)15-11(16)17)7-4-3-6(13)5-8(7)12/h3-5,9H,2H2,1H3,(H2,14,15,17). The molecule has 4 nitrogen and oxygen atoms in total. The Morgan fingerprint density at radius 1 is 1.59 bits per heavy atom. The zero-order valence-corrected chi connectivity index (χ0v) is 9.91. The number of carbonyl (C=O) groups excluding carboxylic acids is 1. The zero-order valence-electron chi connectivity index (χ0n) is 9.15. The summed E-state index contributed by atoms with van der Waals surface area (Å²) in [5.74, 6) is -0.244. The molecule has 1 aliphatic rings. The molecule has 1 heterocycles. The van der Waals surface area contributed by atoms with Crippen molar-refractivity contribution in [2.45, 2.75) is 13.0 Å². The molecule has 2 N–H and O–H groups in total. The molecule has 0 radical (unpaired) electrons. The molecule has 2 rings (SSSR count). The van der Waals surface area contributed by atoms with Crippen LogP contribution in [0.3, 0.4) is 0 Å². The molecule has 17 heavy (non-hydrogen) atoms. The van der Waals surface area contributed by atoms with Crippen LogP contribution in [-0.4, -0.2) is 23.3 Å². The Bertz CT molecular complexity index is 503. The lowest BCUT2D eigenvalue weighted by molar-refractivity contribution is 0.210. The smallest absolute Gasteiger partial charge is 0.346 e. The fourth-order valence-corrected chi connectivity index (χ4v) is 2.14. The first-order valence-electron chi connectivity index (χ1n) is 5.14. The van der Waals surface area contributed by atoms with Gasteiger partial charge in [-0.25, -0.2) is 9.18 Å². The Balaban J connectivity index is 2.45. The molecule has 0 saturated heterocycles. The summed E-state index contributed by atoms with van der Waals surface area (Å²) in [4.78, 5) is 16.7. The lowest BCUT2D eigenvalue weighted by Crippen LogP contribution is -2.33. The molecule has 1 aliphatic heterocycles. The topological polar surface area (TPSA) is 58.7 Å². The van der Waals surface area contributed by atoms with Crippen LogP contribution in [0.15, 0.2) is 23.2 Å². The third-order valence-corrected chi connectivity index (χ3v) is 2.99. The Labute approximate surface area is 103 Å². The maximum atomic E-state index is 13.0. The van der Waals surface area contributed by atoms with Gasteiger partial charge in [-0.05, 0) is 19.1 Å². The van der Waals surface area contributed by atoms with Crippen LogP contribution in [0.25, 0.3) is 0 Å². The van der Waals surface area contributed by atoms with Gasteiger partial charge in [-0.3, -0.25) is 0 Å². The number of likely N-dealkylation sites (N-methyl/N-ethyl adjacent to an activating group) is 1. The molecule has 1 unspecified atom stereocenters. The summed E-state index contributed by atoms with van der Waals surface area (Å²) >= 11 is 5.96. The van der Waals surface area contributed by atoms with Crippen molar-refractivity contribution in [3.05, 3.63) is 34.6 Å². The fourth-order valence-electron chi connectivity index (χ4n) is 1.87. The van der Waals surface area contributed by atoms with Gasteiger partial charge in [0.1, 0.15) is 17.7 Å². The van der Waals surface area contributed by atoms with Crippen LogP contribution in [0.2, 0.25) is 5.02 Å². The van der Waals surface area contributed by atoms with E-state index in [1.807, 2.05) is 6.92 Å². The van der Waals surface area contributed by atoms with Crippen LogP contribution >= 0.6 is 11.6 Å². The SMILES string of the molecule is CCN1C(=O)N=C(N)C1c1ccc(F)cc1Cl. The highest BCUT2D eigenvalue weighted by molar-refractivity contribution is 6.31. The molecule has 0 bridgehead atoms. The third-order valence-electron chi connectivity index (χ3n) is 2.66. The van der Waals surface area contributed by atoms with Crippen LogP contribution in [0.4, 0.5) is 9.18 Å². The minimum atomic E-state index is -0.499. The monoisotopic (exact) mass is 255 g/mol. The summed E-state index contributed by atoms with van der Waals surface area (Å²) in [7, 11) is 0. The highest BCUT2D eigenvalue weighted by Crippen LogP contribution is 2.31. The number of halogens is 2. The number of aliphatic imine (C=N–C) groups is 1. The molecule has 0 fully saturated rings.